The van der Waals surface area contributed by atoms with Gasteiger partial charge in [-0.3, -0.25) is 4.79 Å². The Balaban J connectivity index is 1.55. The van der Waals surface area contributed by atoms with Crippen molar-refractivity contribution in [1.29, 1.82) is 0 Å². The maximum atomic E-state index is 11.7. The molecule has 2 aromatic heterocycles. The van der Waals surface area contributed by atoms with E-state index < -0.39 is 5.97 Å². The molecule has 0 spiro atoms. The average Bonchev–Trinajstić information content (AvgIpc) is 3.45. The number of likely N-dealkylation sites (tertiary alicyclic amines) is 1. The largest absolute Gasteiger partial charge is 0.494 e. The van der Waals surface area contributed by atoms with Gasteiger partial charge in [0.25, 0.3) is 0 Å². The van der Waals surface area contributed by atoms with Gasteiger partial charge in [-0.2, -0.15) is 0 Å². The van der Waals surface area contributed by atoms with Crippen molar-refractivity contribution >= 4 is 33.8 Å². The standard InChI is InChI=1S/C26H26N4O4/c1-14(31)29-12-17(13-29)19-6-4-5-15-10-21(30(23(15)19)18-7-8-18)25-27-20-9-16(26(32)33)11-22(34-3)24(20)28(25)2/h4-6,9-11,17-18H,7-8,12-13H2,1-3H3,(H,32,33). The molecule has 6 rings (SSSR count). The Bertz CT molecular complexity index is 1490. The first-order valence-corrected chi connectivity index (χ1v) is 11.5. The molecule has 4 aromatic rings. The van der Waals surface area contributed by atoms with Crippen molar-refractivity contribution in [3.8, 4) is 17.3 Å². The van der Waals surface area contributed by atoms with Crippen LogP contribution in [-0.2, 0) is 11.8 Å². The van der Waals surface area contributed by atoms with Crippen LogP contribution in [0, 0.1) is 0 Å². The Morgan fingerprint density at radius 3 is 2.53 bits per heavy atom. The topological polar surface area (TPSA) is 89.6 Å². The highest BCUT2D eigenvalue weighted by Gasteiger charge is 2.35. The minimum Gasteiger partial charge on any atom is -0.494 e. The summed E-state index contributed by atoms with van der Waals surface area (Å²) in [5.74, 6) is 0.709. The Hall–Kier alpha value is -3.81. The minimum atomic E-state index is -1.01. The zero-order valence-corrected chi connectivity index (χ0v) is 19.4. The lowest BCUT2D eigenvalue weighted by atomic mass is 9.90. The lowest BCUT2D eigenvalue weighted by molar-refractivity contribution is -0.133. The summed E-state index contributed by atoms with van der Waals surface area (Å²) in [6.07, 6.45) is 2.23. The van der Waals surface area contributed by atoms with Gasteiger partial charge in [0.15, 0.2) is 5.82 Å². The Labute approximate surface area is 196 Å². The predicted octanol–water partition coefficient (Wildman–Crippen LogP) is 4.18. The third kappa shape index (κ3) is 3.01. The molecule has 1 aliphatic heterocycles. The van der Waals surface area contributed by atoms with E-state index in [1.54, 1.807) is 26.2 Å². The van der Waals surface area contributed by atoms with E-state index in [0.29, 0.717) is 23.2 Å². The highest BCUT2D eigenvalue weighted by atomic mass is 16.5. The number of para-hydroxylation sites is 1. The first-order chi connectivity index (χ1) is 16.4. The number of nitrogens with zero attached hydrogens (tertiary/aromatic N) is 4. The number of aromatic carboxylic acids is 1. The number of carbonyl (C=O) groups is 2. The fourth-order valence-electron chi connectivity index (χ4n) is 5.28. The molecule has 8 heteroatoms. The number of aromatic nitrogens is 3. The number of benzene rings is 2. The number of rotatable bonds is 5. The van der Waals surface area contributed by atoms with Gasteiger partial charge >= 0.3 is 5.97 Å². The van der Waals surface area contributed by atoms with Crippen LogP contribution in [0.5, 0.6) is 5.75 Å². The molecule has 1 amide bonds. The van der Waals surface area contributed by atoms with Gasteiger partial charge in [0.2, 0.25) is 5.91 Å². The second-order valence-corrected chi connectivity index (χ2v) is 9.38. The number of ether oxygens (including phenoxy) is 1. The van der Waals surface area contributed by atoms with Crippen molar-refractivity contribution in [3.05, 3.63) is 47.5 Å². The van der Waals surface area contributed by atoms with Crippen LogP contribution in [0.3, 0.4) is 0 Å². The van der Waals surface area contributed by atoms with Gasteiger partial charge in [-0.1, -0.05) is 18.2 Å². The molecule has 1 saturated carbocycles. The number of carboxylic acid groups (broad SMARTS) is 1. The van der Waals surface area contributed by atoms with Gasteiger partial charge in [-0.15, -0.1) is 0 Å². The van der Waals surface area contributed by atoms with Crippen molar-refractivity contribution in [2.24, 2.45) is 7.05 Å². The SMILES string of the molecule is COc1cc(C(=O)O)cc2nc(-c3cc4cccc(C5CN(C(C)=O)C5)c4n3C3CC3)n(C)c12. The molecule has 0 unspecified atom stereocenters. The number of amides is 1. The maximum Gasteiger partial charge on any atom is 0.335 e. The zero-order chi connectivity index (χ0) is 23.7. The molecule has 2 aromatic carbocycles. The Morgan fingerprint density at radius 1 is 1.12 bits per heavy atom. The van der Waals surface area contributed by atoms with Crippen LogP contribution in [0.25, 0.3) is 33.5 Å². The van der Waals surface area contributed by atoms with Crippen molar-refractivity contribution in [3.63, 3.8) is 0 Å². The first-order valence-electron chi connectivity index (χ1n) is 11.5. The lowest BCUT2D eigenvalue weighted by Crippen LogP contribution is -2.47. The van der Waals surface area contributed by atoms with Crippen molar-refractivity contribution < 1.29 is 19.4 Å². The van der Waals surface area contributed by atoms with Crippen LogP contribution in [-0.4, -0.2) is 56.2 Å². The molecule has 174 valence electrons. The van der Waals surface area contributed by atoms with E-state index in [9.17, 15) is 14.7 Å². The lowest BCUT2D eigenvalue weighted by Gasteiger charge is -2.39. The second kappa shape index (κ2) is 7.35. The fourth-order valence-corrected chi connectivity index (χ4v) is 5.28. The highest BCUT2D eigenvalue weighted by Crippen LogP contribution is 2.45. The number of carbonyl (C=O) groups excluding carboxylic acids is 1. The van der Waals surface area contributed by atoms with Crippen molar-refractivity contribution in [2.75, 3.05) is 20.2 Å². The van der Waals surface area contributed by atoms with E-state index in [-0.39, 0.29) is 11.5 Å². The summed E-state index contributed by atoms with van der Waals surface area (Å²) >= 11 is 0. The molecular formula is C26H26N4O4. The summed E-state index contributed by atoms with van der Waals surface area (Å²) in [6, 6.07) is 12.1. The van der Waals surface area contributed by atoms with Crippen LogP contribution in [0.15, 0.2) is 36.4 Å². The first kappa shape index (κ1) is 20.8. The summed E-state index contributed by atoms with van der Waals surface area (Å²) in [5.41, 5.74) is 5.03. The zero-order valence-electron chi connectivity index (χ0n) is 19.4. The van der Waals surface area contributed by atoms with Crippen LogP contribution < -0.4 is 4.74 Å². The molecule has 1 N–H and O–H groups in total. The molecule has 1 saturated heterocycles. The fraction of sp³-hybridized carbons (Fsp3) is 0.346. The molecule has 0 bridgehead atoms. The van der Waals surface area contributed by atoms with Gasteiger partial charge in [-0.05, 0) is 36.6 Å². The molecule has 3 heterocycles. The van der Waals surface area contributed by atoms with E-state index >= 15 is 0 Å². The van der Waals surface area contributed by atoms with E-state index in [2.05, 4.69) is 28.8 Å². The average molecular weight is 459 g/mol. The third-order valence-electron chi connectivity index (χ3n) is 7.20. The molecule has 0 atom stereocenters. The van der Waals surface area contributed by atoms with Gasteiger partial charge in [0.05, 0.1) is 29.4 Å². The number of carboxylic acids is 1. The summed E-state index contributed by atoms with van der Waals surface area (Å²) in [7, 11) is 3.49. The van der Waals surface area contributed by atoms with Crippen molar-refractivity contribution in [2.45, 2.75) is 31.7 Å². The molecule has 0 radical (unpaired) electrons. The maximum absolute atomic E-state index is 11.7. The second-order valence-electron chi connectivity index (χ2n) is 9.38. The van der Waals surface area contributed by atoms with E-state index in [0.717, 1.165) is 48.4 Å². The normalized spacial score (nSPS) is 16.3. The van der Waals surface area contributed by atoms with Crippen molar-refractivity contribution in [1.82, 2.24) is 19.0 Å². The molecular weight excluding hydrogens is 432 g/mol. The van der Waals surface area contributed by atoms with Gasteiger partial charge in [0.1, 0.15) is 11.3 Å². The quantitative estimate of drug-likeness (QED) is 0.485. The molecule has 2 fully saturated rings. The van der Waals surface area contributed by atoms with Gasteiger partial charge in [-0.25, -0.2) is 9.78 Å². The molecule has 2 aliphatic rings. The molecule has 8 nitrogen and oxygen atoms in total. The van der Waals surface area contributed by atoms with Crippen LogP contribution in [0.4, 0.5) is 0 Å². The summed E-state index contributed by atoms with van der Waals surface area (Å²) < 4.78 is 9.94. The number of hydrogen-bond acceptors (Lipinski definition) is 4. The Morgan fingerprint density at radius 2 is 1.88 bits per heavy atom. The third-order valence-corrected chi connectivity index (χ3v) is 7.20. The number of methoxy groups -OCH3 is 1. The summed E-state index contributed by atoms with van der Waals surface area (Å²) in [4.78, 5) is 30.1. The smallest absolute Gasteiger partial charge is 0.335 e. The monoisotopic (exact) mass is 458 g/mol. The van der Waals surface area contributed by atoms with E-state index in [4.69, 9.17) is 9.72 Å². The van der Waals surface area contributed by atoms with Crippen LogP contribution in [0.2, 0.25) is 0 Å². The van der Waals surface area contributed by atoms with E-state index in [1.807, 2.05) is 16.5 Å². The van der Waals surface area contributed by atoms with Gasteiger partial charge in [0, 0.05) is 44.4 Å². The summed E-state index contributed by atoms with van der Waals surface area (Å²) in [6.45, 7) is 3.12. The van der Waals surface area contributed by atoms with Crippen LogP contribution >= 0.6 is 0 Å². The summed E-state index contributed by atoms with van der Waals surface area (Å²) in [5, 5.41) is 10.7. The van der Waals surface area contributed by atoms with E-state index in [1.165, 1.54) is 11.1 Å². The number of hydrogen-bond donors (Lipinski definition) is 1. The van der Waals surface area contributed by atoms with Crippen LogP contribution in [0.1, 0.15) is 47.6 Å². The molecule has 1 aliphatic carbocycles. The highest BCUT2D eigenvalue weighted by molar-refractivity contribution is 5.97. The molecule has 34 heavy (non-hydrogen) atoms. The number of imidazole rings is 1. The Kier molecular flexibility index (Phi) is 4.49. The predicted molar refractivity (Wildman–Crippen MR) is 128 cm³/mol. The number of aryl methyl sites for hydroxylation is 1. The minimum absolute atomic E-state index is 0.121. The number of fused-ring (bicyclic) bond motifs is 2. The van der Waals surface area contributed by atoms with Gasteiger partial charge < -0.3 is 23.9 Å².